The number of likely N-dealkylation sites (N-methyl/N-ethyl adjacent to an activating group) is 1. The summed E-state index contributed by atoms with van der Waals surface area (Å²) >= 11 is 1.73. The van der Waals surface area contributed by atoms with Crippen LogP contribution in [0.2, 0.25) is 0 Å². The Hall–Kier alpha value is -0.870. The Balaban J connectivity index is 2.36. The van der Waals surface area contributed by atoms with Gasteiger partial charge in [0, 0.05) is 11.4 Å². The average Bonchev–Trinajstić information content (AvgIpc) is 2.37. The first-order valence-electron chi connectivity index (χ1n) is 3.72. The molecule has 0 spiro atoms. The van der Waals surface area contributed by atoms with Crippen molar-refractivity contribution in [2.24, 2.45) is 5.73 Å². The summed E-state index contributed by atoms with van der Waals surface area (Å²) in [5, 5.41) is 9.15. The lowest BCUT2D eigenvalue weighted by Gasteiger charge is -2.13. The molecule has 1 rings (SSSR count). The van der Waals surface area contributed by atoms with Crippen LogP contribution in [0.4, 0.5) is 0 Å². The molecular weight excluding hydrogens is 170 g/mol. The quantitative estimate of drug-likeness (QED) is 0.543. The smallest absolute Gasteiger partial charge is 0.105 e. The van der Waals surface area contributed by atoms with E-state index in [1.165, 1.54) is 4.88 Å². The van der Waals surface area contributed by atoms with Crippen LogP contribution in [0.3, 0.4) is 0 Å². The summed E-state index contributed by atoms with van der Waals surface area (Å²) in [6.45, 7) is 1.41. The van der Waals surface area contributed by atoms with Crippen molar-refractivity contribution in [1.29, 1.82) is 5.41 Å². The van der Waals surface area contributed by atoms with E-state index in [0.717, 1.165) is 6.54 Å². The standard InChI is InChI=1S/C8H13N3S/c1-11(6-8(9)10)5-7-3-2-4-12-7/h2-4H,5-6H2,1H3,(H3,9,10). The van der Waals surface area contributed by atoms with Gasteiger partial charge in [0.25, 0.3) is 0 Å². The van der Waals surface area contributed by atoms with E-state index in [2.05, 4.69) is 11.4 Å². The SMILES string of the molecule is CN(CC(=N)N)Cc1cccs1. The van der Waals surface area contributed by atoms with Crippen molar-refractivity contribution in [1.82, 2.24) is 4.90 Å². The molecule has 66 valence electrons. The Morgan fingerprint density at radius 1 is 1.75 bits per heavy atom. The Kier molecular flexibility index (Phi) is 3.25. The van der Waals surface area contributed by atoms with Gasteiger partial charge in [-0.3, -0.25) is 10.3 Å². The topological polar surface area (TPSA) is 53.1 Å². The monoisotopic (exact) mass is 183 g/mol. The first kappa shape index (κ1) is 9.22. The molecule has 0 atom stereocenters. The van der Waals surface area contributed by atoms with Gasteiger partial charge < -0.3 is 5.73 Å². The molecule has 0 aliphatic heterocycles. The molecule has 0 saturated heterocycles. The van der Waals surface area contributed by atoms with Crippen LogP contribution in [0, 0.1) is 5.41 Å². The molecule has 0 bridgehead atoms. The second-order valence-electron chi connectivity index (χ2n) is 2.78. The molecule has 4 heteroatoms. The van der Waals surface area contributed by atoms with E-state index in [-0.39, 0.29) is 5.84 Å². The lowest BCUT2D eigenvalue weighted by Crippen LogP contribution is -2.29. The number of nitrogens with two attached hydrogens (primary N) is 1. The average molecular weight is 183 g/mol. The molecular formula is C8H13N3S. The van der Waals surface area contributed by atoms with Crippen molar-refractivity contribution in [2.45, 2.75) is 6.54 Å². The molecule has 12 heavy (non-hydrogen) atoms. The van der Waals surface area contributed by atoms with Crippen molar-refractivity contribution >= 4 is 17.2 Å². The predicted octanol–water partition coefficient (Wildman–Crippen LogP) is 1.12. The van der Waals surface area contributed by atoms with Gasteiger partial charge in [0.15, 0.2) is 0 Å². The maximum Gasteiger partial charge on any atom is 0.105 e. The molecule has 3 nitrogen and oxygen atoms in total. The van der Waals surface area contributed by atoms with E-state index in [1.54, 1.807) is 11.3 Å². The fourth-order valence-corrected chi connectivity index (χ4v) is 1.80. The van der Waals surface area contributed by atoms with Crippen molar-refractivity contribution in [3.63, 3.8) is 0 Å². The summed E-state index contributed by atoms with van der Waals surface area (Å²) in [5.41, 5.74) is 5.27. The molecule has 0 radical (unpaired) electrons. The van der Waals surface area contributed by atoms with Gasteiger partial charge in [-0.05, 0) is 18.5 Å². The van der Waals surface area contributed by atoms with Crippen LogP contribution in [0.15, 0.2) is 17.5 Å². The third kappa shape index (κ3) is 3.02. The number of thiophene rings is 1. The Labute approximate surface area is 76.3 Å². The third-order valence-electron chi connectivity index (χ3n) is 1.45. The van der Waals surface area contributed by atoms with Crippen molar-refractivity contribution in [3.05, 3.63) is 22.4 Å². The third-order valence-corrected chi connectivity index (χ3v) is 2.31. The van der Waals surface area contributed by atoms with Gasteiger partial charge in [0.05, 0.1) is 6.54 Å². The molecule has 0 unspecified atom stereocenters. The molecule has 1 aromatic rings. The van der Waals surface area contributed by atoms with Crippen molar-refractivity contribution in [2.75, 3.05) is 13.6 Å². The number of rotatable bonds is 4. The number of hydrogen-bond donors (Lipinski definition) is 2. The highest BCUT2D eigenvalue weighted by Gasteiger charge is 2.01. The summed E-state index contributed by atoms with van der Waals surface area (Å²) < 4.78 is 0. The van der Waals surface area contributed by atoms with E-state index in [4.69, 9.17) is 11.1 Å². The van der Waals surface area contributed by atoms with Gasteiger partial charge in [0.1, 0.15) is 5.84 Å². The maximum atomic E-state index is 7.09. The van der Waals surface area contributed by atoms with Gasteiger partial charge in [-0.1, -0.05) is 6.07 Å². The summed E-state index contributed by atoms with van der Waals surface area (Å²) in [6.07, 6.45) is 0. The summed E-state index contributed by atoms with van der Waals surface area (Å²) in [7, 11) is 1.96. The number of nitrogens with zero attached hydrogens (tertiary/aromatic N) is 1. The van der Waals surface area contributed by atoms with E-state index in [9.17, 15) is 0 Å². The van der Waals surface area contributed by atoms with E-state index in [0.29, 0.717) is 6.54 Å². The van der Waals surface area contributed by atoms with Crippen LogP contribution >= 0.6 is 11.3 Å². The fourth-order valence-electron chi connectivity index (χ4n) is 1.02. The minimum absolute atomic E-state index is 0.217. The second kappa shape index (κ2) is 4.23. The normalized spacial score (nSPS) is 10.5. The van der Waals surface area contributed by atoms with Gasteiger partial charge in [-0.15, -0.1) is 11.3 Å². The first-order valence-corrected chi connectivity index (χ1v) is 4.60. The molecule has 1 heterocycles. The first-order chi connectivity index (χ1) is 5.68. The minimum atomic E-state index is 0.217. The highest BCUT2D eigenvalue weighted by Crippen LogP contribution is 2.10. The molecule has 0 aromatic carbocycles. The van der Waals surface area contributed by atoms with Gasteiger partial charge in [-0.2, -0.15) is 0 Å². The molecule has 0 fully saturated rings. The summed E-state index contributed by atoms with van der Waals surface area (Å²) in [6, 6.07) is 4.11. The highest BCUT2D eigenvalue weighted by atomic mass is 32.1. The van der Waals surface area contributed by atoms with Gasteiger partial charge in [-0.25, -0.2) is 0 Å². The van der Waals surface area contributed by atoms with Crippen LogP contribution < -0.4 is 5.73 Å². The minimum Gasteiger partial charge on any atom is -0.387 e. The Morgan fingerprint density at radius 3 is 3.00 bits per heavy atom. The van der Waals surface area contributed by atoms with E-state index >= 15 is 0 Å². The van der Waals surface area contributed by atoms with E-state index < -0.39 is 0 Å². The molecule has 1 aromatic heterocycles. The van der Waals surface area contributed by atoms with Crippen LogP contribution in [0.5, 0.6) is 0 Å². The van der Waals surface area contributed by atoms with Crippen LogP contribution in [-0.4, -0.2) is 24.3 Å². The molecule has 0 amide bonds. The Bertz CT molecular complexity index is 243. The van der Waals surface area contributed by atoms with Gasteiger partial charge in [0.2, 0.25) is 0 Å². The van der Waals surface area contributed by atoms with Crippen LogP contribution in [0.1, 0.15) is 4.88 Å². The predicted molar refractivity (Wildman–Crippen MR) is 52.6 cm³/mol. The number of nitrogens with one attached hydrogen (secondary N) is 1. The summed E-state index contributed by atoms with van der Waals surface area (Å²) in [4.78, 5) is 3.33. The van der Waals surface area contributed by atoms with Crippen LogP contribution in [-0.2, 0) is 6.54 Å². The number of amidine groups is 1. The molecule has 0 saturated carbocycles. The zero-order valence-corrected chi connectivity index (χ0v) is 7.90. The van der Waals surface area contributed by atoms with E-state index in [1.807, 2.05) is 18.0 Å². The lowest BCUT2D eigenvalue weighted by atomic mass is 10.4. The lowest BCUT2D eigenvalue weighted by molar-refractivity contribution is 0.376. The second-order valence-corrected chi connectivity index (χ2v) is 3.81. The molecule has 3 N–H and O–H groups in total. The summed E-state index contributed by atoms with van der Waals surface area (Å²) in [5.74, 6) is 0.217. The zero-order valence-electron chi connectivity index (χ0n) is 7.08. The van der Waals surface area contributed by atoms with Crippen LogP contribution in [0.25, 0.3) is 0 Å². The largest absolute Gasteiger partial charge is 0.387 e. The highest BCUT2D eigenvalue weighted by molar-refractivity contribution is 7.09. The molecule has 0 aliphatic rings. The molecule has 0 aliphatic carbocycles. The number of hydrogen-bond acceptors (Lipinski definition) is 3. The van der Waals surface area contributed by atoms with Gasteiger partial charge >= 0.3 is 0 Å². The van der Waals surface area contributed by atoms with Crippen molar-refractivity contribution in [3.8, 4) is 0 Å². The zero-order chi connectivity index (χ0) is 8.97. The maximum absolute atomic E-state index is 7.09. The Morgan fingerprint density at radius 2 is 2.50 bits per heavy atom. The van der Waals surface area contributed by atoms with Crippen molar-refractivity contribution < 1.29 is 0 Å². The fraction of sp³-hybridized carbons (Fsp3) is 0.375.